The molecule has 3 nitrogen and oxygen atoms in total. The Balaban J connectivity index is 0. The second-order valence-electron chi connectivity index (χ2n) is 0.752. The first-order valence-corrected chi connectivity index (χ1v) is 1.69. The largest absolute Gasteiger partial charge is 1.00 e. The lowest BCUT2D eigenvalue weighted by Gasteiger charge is -1.89. The van der Waals surface area contributed by atoms with Gasteiger partial charge in [-0.3, -0.25) is 0 Å². The average molecular weight is 90.1 g/mol. The molecule has 0 aromatic carbocycles. The Morgan fingerprint density at radius 1 is 2.17 bits per heavy atom. The molecule has 0 atom stereocenters. The number of rotatable bonds is 1. The molecule has 0 heterocycles. The maximum Gasteiger partial charge on any atom is 1.00 e. The van der Waals surface area contributed by atoms with E-state index in [9.17, 15) is 4.79 Å². The zero-order valence-electron chi connectivity index (χ0n) is 4.60. The molecule has 6 heavy (non-hydrogen) atoms. The number of carbonyl (C=O) groups excluding carboxylic acids is 1. The van der Waals surface area contributed by atoms with E-state index in [1.165, 1.54) is 0 Å². The molecule has 0 rings (SSSR count). The Morgan fingerprint density at radius 2 is 2.67 bits per heavy atom. The molecule has 0 bridgehead atoms. The zero-order valence-corrected chi connectivity index (χ0v) is 3.60. The molecule has 0 spiro atoms. The molecule has 0 aliphatic carbocycles. The van der Waals surface area contributed by atoms with Gasteiger partial charge >= 0.3 is 7.52 Å². The van der Waals surface area contributed by atoms with Crippen LogP contribution in [0.5, 0.6) is 0 Å². The van der Waals surface area contributed by atoms with Gasteiger partial charge in [0.05, 0.1) is 6.61 Å². The number of ether oxygens (including phenoxy) is 1. The van der Waals surface area contributed by atoms with E-state index < -0.39 is 6.09 Å². The van der Waals surface area contributed by atoms with E-state index in [1.807, 2.05) is 0 Å². The third-order valence-electron chi connectivity index (χ3n) is 0.287. The summed E-state index contributed by atoms with van der Waals surface area (Å²) < 4.78 is 4.18. The van der Waals surface area contributed by atoms with Crippen molar-refractivity contribution in [2.75, 3.05) is 6.61 Å². The van der Waals surface area contributed by atoms with Gasteiger partial charge in [0.15, 0.2) is 0 Å². The first kappa shape index (κ1) is 5.27. The van der Waals surface area contributed by atoms with Crippen molar-refractivity contribution < 1.29 is 11.0 Å². The van der Waals surface area contributed by atoms with Crippen LogP contribution >= 0.6 is 0 Å². The van der Waals surface area contributed by atoms with Crippen LogP contribution in [0.3, 0.4) is 0 Å². The van der Waals surface area contributed by atoms with E-state index in [1.54, 1.807) is 6.92 Å². The highest BCUT2D eigenvalue weighted by Crippen LogP contribution is 1.66. The van der Waals surface area contributed by atoms with E-state index in [-0.39, 0.29) is 1.43 Å². The fourth-order valence-corrected chi connectivity index (χ4v) is 0.142. The van der Waals surface area contributed by atoms with Crippen molar-refractivity contribution in [3.8, 4) is 0 Å². The number of hydrogen-bond acceptors (Lipinski definition) is 2. The molecule has 0 radical (unpaired) electrons. The van der Waals surface area contributed by atoms with Crippen LogP contribution in [-0.4, -0.2) is 12.7 Å². The van der Waals surface area contributed by atoms with Crippen molar-refractivity contribution in [1.82, 2.24) is 0 Å². The number of hydrogen-bond donors (Lipinski definition) is 1. The third kappa shape index (κ3) is 3.27. The summed E-state index contributed by atoms with van der Waals surface area (Å²) in [6.45, 7) is 2.06. The zero-order chi connectivity index (χ0) is 4.99. The van der Waals surface area contributed by atoms with Crippen molar-refractivity contribution in [1.29, 1.82) is 0 Å². The first-order valence-electron chi connectivity index (χ1n) is 1.69. The van der Waals surface area contributed by atoms with E-state index >= 15 is 0 Å². The number of primary amides is 1. The second-order valence-corrected chi connectivity index (χ2v) is 0.752. The van der Waals surface area contributed by atoms with Gasteiger partial charge in [0.1, 0.15) is 0 Å². The predicted octanol–water partition coefficient (Wildman–Crippen LogP) is 0.214. The second kappa shape index (κ2) is 2.50. The minimum Gasteiger partial charge on any atom is -0.450 e. The minimum absolute atomic E-state index is 0. The number of amides is 1. The standard InChI is InChI=1S/C3H7NO2/c1-2-6-3(4)5/h2H2,1H3,(H2,4,5)/p+1. The van der Waals surface area contributed by atoms with Crippen LogP contribution in [0.1, 0.15) is 8.35 Å². The van der Waals surface area contributed by atoms with E-state index in [4.69, 9.17) is 0 Å². The molecule has 1 amide bonds. The van der Waals surface area contributed by atoms with Gasteiger partial charge in [0.25, 0.3) is 0 Å². The minimum atomic E-state index is -0.711. The molecule has 0 unspecified atom stereocenters. The highest BCUT2D eigenvalue weighted by molar-refractivity contribution is 5.64. The Hall–Kier alpha value is -0.730. The van der Waals surface area contributed by atoms with Crippen LogP contribution in [0.25, 0.3) is 0 Å². The van der Waals surface area contributed by atoms with Crippen LogP contribution in [0.4, 0.5) is 4.79 Å². The lowest BCUT2D eigenvalue weighted by Crippen LogP contribution is -2.11. The first-order chi connectivity index (χ1) is 2.77. The smallest absolute Gasteiger partial charge is 0.450 e. The van der Waals surface area contributed by atoms with Crippen molar-refractivity contribution in [3.63, 3.8) is 0 Å². The van der Waals surface area contributed by atoms with E-state index in [0.717, 1.165) is 0 Å². The summed E-state index contributed by atoms with van der Waals surface area (Å²) in [6.07, 6.45) is -0.711. The van der Waals surface area contributed by atoms with Gasteiger partial charge in [-0.1, -0.05) is 0 Å². The van der Waals surface area contributed by atoms with Crippen molar-refractivity contribution in [3.05, 3.63) is 0 Å². The number of nitrogens with two attached hydrogens (primary N) is 1. The maximum absolute atomic E-state index is 9.60. The summed E-state index contributed by atoms with van der Waals surface area (Å²) in [4.78, 5) is 9.60. The van der Waals surface area contributed by atoms with E-state index in [0.29, 0.717) is 6.61 Å². The van der Waals surface area contributed by atoms with Gasteiger partial charge in [0.2, 0.25) is 0 Å². The van der Waals surface area contributed by atoms with Gasteiger partial charge in [-0.15, -0.1) is 0 Å². The molecule has 36 valence electrons. The fourth-order valence-electron chi connectivity index (χ4n) is 0.142. The molecule has 0 aromatic rings. The molecule has 3 heteroatoms. The lowest BCUT2D eigenvalue weighted by molar-refractivity contribution is 0.163. The Kier molecular flexibility index (Phi) is 2.20. The molecule has 2 N–H and O–H groups in total. The summed E-state index contributed by atoms with van der Waals surface area (Å²) in [7, 11) is 0. The summed E-state index contributed by atoms with van der Waals surface area (Å²) in [5, 5.41) is 0. The SMILES string of the molecule is CCOC(N)=O.[H+]. The molecule has 0 aromatic heterocycles. The van der Waals surface area contributed by atoms with Gasteiger partial charge in [-0.05, 0) is 6.92 Å². The monoisotopic (exact) mass is 90.1 g/mol. The summed E-state index contributed by atoms with van der Waals surface area (Å²) in [5.74, 6) is 0. The van der Waals surface area contributed by atoms with Crippen molar-refractivity contribution in [2.45, 2.75) is 6.92 Å². The third-order valence-corrected chi connectivity index (χ3v) is 0.287. The van der Waals surface area contributed by atoms with Gasteiger partial charge in [-0.2, -0.15) is 0 Å². The van der Waals surface area contributed by atoms with Crippen LogP contribution < -0.4 is 5.73 Å². The molecule has 0 aliphatic rings. The molecule has 0 aliphatic heterocycles. The normalized spacial score (nSPS) is 7.50. The van der Waals surface area contributed by atoms with Gasteiger partial charge in [0, 0.05) is 0 Å². The highest BCUT2D eigenvalue weighted by Gasteiger charge is 1.82. The average Bonchev–Trinajstić information content (AvgIpc) is 1.35. The summed E-state index contributed by atoms with van der Waals surface area (Å²) >= 11 is 0. The van der Waals surface area contributed by atoms with Crippen LogP contribution in [0, 0.1) is 0 Å². The Morgan fingerprint density at radius 3 is 2.67 bits per heavy atom. The quantitative estimate of drug-likeness (QED) is 0.500. The maximum atomic E-state index is 9.60. The van der Waals surface area contributed by atoms with Crippen LogP contribution in [-0.2, 0) is 4.74 Å². The Labute approximate surface area is 37.6 Å². The topological polar surface area (TPSA) is 52.3 Å². The molecular formula is C3H8NO2+. The Bertz CT molecular complexity index is 56.9. The van der Waals surface area contributed by atoms with Gasteiger partial charge in [-0.25, -0.2) is 4.79 Å². The van der Waals surface area contributed by atoms with Gasteiger partial charge < -0.3 is 10.5 Å². The predicted molar refractivity (Wildman–Crippen MR) is 22.3 cm³/mol. The van der Waals surface area contributed by atoms with Crippen LogP contribution in [0.15, 0.2) is 0 Å². The van der Waals surface area contributed by atoms with Crippen molar-refractivity contribution in [2.24, 2.45) is 5.73 Å². The van der Waals surface area contributed by atoms with Crippen molar-refractivity contribution >= 4 is 6.09 Å². The van der Waals surface area contributed by atoms with E-state index in [2.05, 4.69) is 10.5 Å². The molecular weight excluding hydrogens is 82.0 g/mol. The lowest BCUT2D eigenvalue weighted by atomic mass is 10.9. The summed E-state index contributed by atoms with van der Waals surface area (Å²) in [5.41, 5.74) is 4.54. The highest BCUT2D eigenvalue weighted by atomic mass is 16.5. The fraction of sp³-hybridized carbons (Fsp3) is 0.667. The summed E-state index contributed by atoms with van der Waals surface area (Å²) in [6, 6.07) is 0. The molecule has 0 saturated carbocycles. The number of carbonyl (C=O) groups is 1. The van der Waals surface area contributed by atoms with Crippen LogP contribution in [0.2, 0.25) is 0 Å². The molecule has 0 saturated heterocycles. The molecule has 0 fully saturated rings.